The summed E-state index contributed by atoms with van der Waals surface area (Å²) in [6, 6.07) is 25.6. The van der Waals surface area contributed by atoms with Crippen molar-refractivity contribution in [1.29, 1.82) is 5.26 Å². The van der Waals surface area contributed by atoms with E-state index in [2.05, 4.69) is 22.0 Å². The fourth-order valence-corrected chi connectivity index (χ4v) is 4.99. The molecule has 1 aliphatic heterocycles. The summed E-state index contributed by atoms with van der Waals surface area (Å²) in [7, 11) is 1.59. The molecule has 36 heavy (non-hydrogen) atoms. The van der Waals surface area contributed by atoms with E-state index < -0.39 is 5.92 Å². The van der Waals surface area contributed by atoms with E-state index in [0.29, 0.717) is 39.7 Å². The Balaban J connectivity index is 1.82. The van der Waals surface area contributed by atoms with Crippen LogP contribution in [0, 0.1) is 11.3 Å². The van der Waals surface area contributed by atoms with Crippen LogP contribution in [0.3, 0.4) is 0 Å². The van der Waals surface area contributed by atoms with Gasteiger partial charge < -0.3 is 19.9 Å². The molecule has 2 heterocycles. The Morgan fingerprint density at radius 2 is 1.81 bits per heavy atom. The van der Waals surface area contributed by atoms with E-state index in [-0.39, 0.29) is 5.88 Å². The molecule has 0 spiro atoms. The third kappa shape index (κ3) is 3.97. The molecule has 0 fully saturated rings. The van der Waals surface area contributed by atoms with Gasteiger partial charge in [-0.15, -0.1) is 0 Å². The number of methoxy groups -OCH3 is 1. The summed E-state index contributed by atoms with van der Waals surface area (Å²) < 4.78 is 20.0. The van der Waals surface area contributed by atoms with Gasteiger partial charge in [-0.25, -0.2) is 0 Å². The minimum absolute atomic E-state index is 0.0377. The van der Waals surface area contributed by atoms with Crippen molar-refractivity contribution in [3.63, 3.8) is 0 Å². The summed E-state index contributed by atoms with van der Waals surface area (Å²) in [5.74, 6) is 1.09. The van der Waals surface area contributed by atoms with Gasteiger partial charge in [0, 0.05) is 5.56 Å². The third-order valence-corrected chi connectivity index (χ3v) is 6.56. The maximum absolute atomic E-state index is 10.2. The molecule has 4 aromatic rings. The number of rotatable bonds is 6. The number of nitrogens with two attached hydrogens (primary N) is 1. The number of halogens is 1. The topological polar surface area (TPSA) is 95.3 Å². The normalized spacial score (nSPS) is 14.6. The number of hydrogen-bond acceptors (Lipinski definition) is 6. The maximum atomic E-state index is 10.2. The lowest BCUT2D eigenvalue weighted by Crippen LogP contribution is -2.22. The number of allylic oxidation sites excluding steroid dienone is 1. The lowest BCUT2D eigenvalue weighted by molar-refractivity contribution is 0.308. The van der Waals surface area contributed by atoms with E-state index in [1.807, 2.05) is 79.7 Å². The second kappa shape index (κ2) is 9.80. The molecular weight excluding hydrogens is 520 g/mol. The molecule has 1 aliphatic rings. The van der Waals surface area contributed by atoms with Crippen molar-refractivity contribution in [2.45, 2.75) is 12.8 Å². The number of aromatic nitrogens is 2. The van der Waals surface area contributed by atoms with Crippen LogP contribution in [0.1, 0.15) is 24.0 Å². The first kappa shape index (κ1) is 23.5. The smallest absolute Gasteiger partial charge is 0.229 e. The van der Waals surface area contributed by atoms with Gasteiger partial charge in [0.25, 0.3) is 0 Å². The molecule has 2 N–H and O–H groups in total. The van der Waals surface area contributed by atoms with E-state index in [1.54, 1.807) is 11.8 Å². The number of nitrogens with zero attached hydrogens (tertiary/aromatic N) is 3. The quantitative estimate of drug-likeness (QED) is 0.324. The lowest BCUT2D eigenvalue weighted by Gasteiger charge is -2.26. The Labute approximate surface area is 217 Å². The first-order valence-electron chi connectivity index (χ1n) is 11.4. The highest BCUT2D eigenvalue weighted by Crippen LogP contribution is 2.50. The monoisotopic (exact) mass is 542 g/mol. The molecule has 7 nitrogen and oxygen atoms in total. The van der Waals surface area contributed by atoms with Crippen LogP contribution < -0.4 is 19.9 Å². The zero-order chi connectivity index (χ0) is 25.2. The Morgan fingerprint density at radius 1 is 1.11 bits per heavy atom. The molecule has 8 heteroatoms. The Kier molecular flexibility index (Phi) is 6.40. The summed E-state index contributed by atoms with van der Waals surface area (Å²) >= 11 is 3.62. The van der Waals surface area contributed by atoms with Gasteiger partial charge in [-0.2, -0.15) is 15.0 Å². The number of ether oxygens (including phenoxy) is 3. The van der Waals surface area contributed by atoms with E-state index >= 15 is 0 Å². The largest absolute Gasteiger partial charge is 0.493 e. The average molecular weight is 543 g/mol. The minimum Gasteiger partial charge on any atom is -0.493 e. The Hall–Kier alpha value is -4.22. The van der Waals surface area contributed by atoms with Gasteiger partial charge in [0.1, 0.15) is 17.3 Å². The van der Waals surface area contributed by atoms with Gasteiger partial charge in [-0.1, -0.05) is 48.5 Å². The average Bonchev–Trinajstić information content (AvgIpc) is 3.28. The summed E-state index contributed by atoms with van der Waals surface area (Å²) in [6.07, 6.45) is 0. The first-order valence-corrected chi connectivity index (χ1v) is 12.2. The molecule has 1 aromatic heterocycles. The third-order valence-electron chi connectivity index (χ3n) is 5.97. The van der Waals surface area contributed by atoms with Crippen molar-refractivity contribution < 1.29 is 14.2 Å². The van der Waals surface area contributed by atoms with Gasteiger partial charge in [0.15, 0.2) is 11.5 Å². The molecule has 0 saturated carbocycles. The second-order valence-corrected chi connectivity index (χ2v) is 8.93. The summed E-state index contributed by atoms with van der Waals surface area (Å²) in [4.78, 5) is 0. The molecule has 3 aromatic carbocycles. The number of nitriles is 1. The highest BCUT2D eigenvalue weighted by Gasteiger charge is 2.38. The molecule has 0 aliphatic carbocycles. The zero-order valence-corrected chi connectivity index (χ0v) is 21.3. The Morgan fingerprint density at radius 3 is 2.44 bits per heavy atom. The van der Waals surface area contributed by atoms with E-state index in [9.17, 15) is 5.26 Å². The predicted molar refractivity (Wildman–Crippen MR) is 140 cm³/mol. The molecule has 0 amide bonds. The standard InChI is InChI=1S/C28H23BrN4O3/c1-3-35-26-21(29)14-18(15-22(26)34-2)23-20(16-30)27(31)36-28-24(23)25(17-10-6-4-7-11-17)32-33(28)19-12-8-5-9-13-19/h4-15,23H,3,31H2,1-2H3. The van der Waals surface area contributed by atoms with Crippen LogP contribution in [0.15, 0.2) is 88.7 Å². The number of fused-ring (bicyclic) bond motifs is 1. The molecule has 0 saturated heterocycles. The molecule has 180 valence electrons. The summed E-state index contributed by atoms with van der Waals surface area (Å²) in [6.45, 7) is 2.39. The fourth-order valence-electron chi connectivity index (χ4n) is 4.42. The SMILES string of the molecule is CCOc1c(Br)cc(C2C(C#N)=C(N)Oc3c2c(-c2ccccc2)nn3-c2ccccc2)cc1OC. The first-order chi connectivity index (χ1) is 17.6. The minimum atomic E-state index is -0.549. The van der Waals surface area contributed by atoms with Crippen molar-refractivity contribution in [2.75, 3.05) is 13.7 Å². The molecule has 5 rings (SSSR count). The number of hydrogen-bond donors (Lipinski definition) is 1. The van der Waals surface area contributed by atoms with Gasteiger partial charge >= 0.3 is 0 Å². The van der Waals surface area contributed by atoms with E-state index in [4.69, 9.17) is 25.0 Å². The van der Waals surface area contributed by atoms with Crippen LogP contribution in [-0.4, -0.2) is 23.5 Å². The summed E-state index contributed by atoms with van der Waals surface area (Å²) in [5.41, 5.74) is 10.6. The molecule has 0 radical (unpaired) electrons. The molecule has 1 unspecified atom stereocenters. The fraction of sp³-hybridized carbons (Fsp3) is 0.143. The van der Waals surface area contributed by atoms with Crippen LogP contribution in [0.4, 0.5) is 0 Å². The van der Waals surface area contributed by atoms with Crippen molar-refractivity contribution in [3.05, 3.63) is 99.9 Å². The summed E-state index contributed by atoms with van der Waals surface area (Å²) in [5, 5.41) is 15.1. The lowest BCUT2D eigenvalue weighted by atomic mass is 9.83. The van der Waals surface area contributed by atoms with Crippen LogP contribution in [-0.2, 0) is 0 Å². The molecule has 1 atom stereocenters. The van der Waals surface area contributed by atoms with Gasteiger partial charge in [0.2, 0.25) is 11.8 Å². The van der Waals surface area contributed by atoms with Gasteiger partial charge in [0.05, 0.1) is 35.4 Å². The second-order valence-electron chi connectivity index (χ2n) is 8.07. The Bertz CT molecular complexity index is 1490. The van der Waals surface area contributed by atoms with Crippen LogP contribution >= 0.6 is 15.9 Å². The highest BCUT2D eigenvalue weighted by molar-refractivity contribution is 9.10. The van der Waals surface area contributed by atoms with E-state index in [0.717, 1.165) is 22.4 Å². The highest BCUT2D eigenvalue weighted by atomic mass is 79.9. The van der Waals surface area contributed by atoms with Crippen molar-refractivity contribution in [3.8, 4) is 40.4 Å². The maximum Gasteiger partial charge on any atom is 0.229 e. The van der Waals surface area contributed by atoms with Crippen molar-refractivity contribution in [1.82, 2.24) is 9.78 Å². The van der Waals surface area contributed by atoms with Gasteiger partial charge in [-0.3, -0.25) is 0 Å². The number of benzene rings is 3. The molecule has 0 bridgehead atoms. The van der Waals surface area contributed by atoms with E-state index in [1.165, 1.54) is 0 Å². The van der Waals surface area contributed by atoms with Crippen molar-refractivity contribution in [2.24, 2.45) is 5.73 Å². The van der Waals surface area contributed by atoms with Crippen molar-refractivity contribution >= 4 is 15.9 Å². The molecular formula is C28H23BrN4O3. The van der Waals surface area contributed by atoms with Crippen LogP contribution in [0.2, 0.25) is 0 Å². The zero-order valence-electron chi connectivity index (χ0n) is 19.7. The van der Waals surface area contributed by atoms with Gasteiger partial charge in [-0.05, 0) is 52.7 Å². The van der Waals surface area contributed by atoms with Crippen LogP contribution in [0.25, 0.3) is 16.9 Å². The van der Waals surface area contributed by atoms with Crippen LogP contribution in [0.5, 0.6) is 17.4 Å². The number of para-hydroxylation sites is 1. The predicted octanol–water partition coefficient (Wildman–Crippen LogP) is 5.93.